The number of carbonyl (C=O) groups is 1. The molecule has 0 aliphatic carbocycles. The van der Waals surface area contributed by atoms with Gasteiger partial charge in [-0.05, 0) is 87.4 Å². The molecule has 2 fully saturated rings. The van der Waals surface area contributed by atoms with Crippen LogP contribution in [0.15, 0.2) is 59.5 Å². The number of morpholine rings is 1. The first-order chi connectivity index (χ1) is 20.9. The minimum absolute atomic E-state index is 0.0374. The summed E-state index contributed by atoms with van der Waals surface area (Å²) in [6.45, 7) is 7.03. The fraction of sp³-hybridized carbons (Fsp3) is 0.387. The summed E-state index contributed by atoms with van der Waals surface area (Å²) in [6, 6.07) is 12.4. The predicted molar refractivity (Wildman–Crippen MR) is 157 cm³/mol. The number of amides is 2. The number of carbonyl (C=O) groups excluding carboxylic acids is 1. The number of nitrogens with one attached hydrogen (secondary N) is 1. The summed E-state index contributed by atoms with van der Waals surface area (Å²) in [6.07, 6.45) is 0.367. The molecule has 2 aliphatic heterocycles. The van der Waals surface area contributed by atoms with Crippen molar-refractivity contribution < 1.29 is 40.6 Å². The van der Waals surface area contributed by atoms with Crippen molar-refractivity contribution in [3.63, 3.8) is 0 Å². The van der Waals surface area contributed by atoms with E-state index < -0.39 is 45.0 Å². The number of nitrogens with zero attached hydrogens (tertiary/aromatic N) is 2. The molecule has 1 N–H and O–H groups in total. The molecule has 0 aromatic heterocycles. The molecule has 3 aromatic rings. The third-order valence-electron chi connectivity index (χ3n) is 8.01. The van der Waals surface area contributed by atoms with Crippen LogP contribution in [0.4, 0.5) is 23.7 Å². The molecule has 44 heavy (non-hydrogen) atoms. The third kappa shape index (κ3) is 6.35. The first-order valence-electron chi connectivity index (χ1n) is 14.3. The summed E-state index contributed by atoms with van der Waals surface area (Å²) in [5.74, 6) is -3.38. The van der Waals surface area contributed by atoms with Gasteiger partial charge in [0, 0.05) is 31.1 Å². The molecular weight excluding hydrogens is 599 g/mol. The average Bonchev–Trinajstić information content (AvgIpc) is 3.32. The maximum absolute atomic E-state index is 14.1. The molecule has 2 aliphatic rings. The standard InChI is InChI=1S/C31H34F3N3O6S/c1-4-42-21-5-7-22(8-6-21)43-28-10-9-23(44(39,40)36-13-15-41-16-14-36)19-27(28)35-30(38)37-12-11-24(31(37,2)3)20-17-25(32)29(34)26(33)18-20/h5-10,17-19,24H,4,11-16H2,1-3H3,(H,35,38). The normalized spacial score (nSPS) is 18.7. The van der Waals surface area contributed by atoms with Gasteiger partial charge in [0.1, 0.15) is 11.5 Å². The summed E-state index contributed by atoms with van der Waals surface area (Å²) >= 11 is 0. The van der Waals surface area contributed by atoms with E-state index in [9.17, 15) is 26.4 Å². The van der Waals surface area contributed by atoms with Gasteiger partial charge in [-0.15, -0.1) is 0 Å². The van der Waals surface area contributed by atoms with E-state index in [-0.39, 0.29) is 54.7 Å². The van der Waals surface area contributed by atoms with E-state index in [1.54, 1.807) is 38.1 Å². The highest BCUT2D eigenvalue weighted by Crippen LogP contribution is 2.43. The zero-order valence-corrected chi connectivity index (χ0v) is 25.4. The van der Waals surface area contributed by atoms with Gasteiger partial charge in [0.25, 0.3) is 0 Å². The van der Waals surface area contributed by atoms with Crippen LogP contribution < -0.4 is 14.8 Å². The van der Waals surface area contributed by atoms with E-state index in [4.69, 9.17) is 14.2 Å². The van der Waals surface area contributed by atoms with Gasteiger partial charge in [-0.1, -0.05) is 0 Å². The minimum atomic E-state index is -3.91. The van der Waals surface area contributed by atoms with E-state index >= 15 is 0 Å². The number of benzene rings is 3. The quantitative estimate of drug-likeness (QED) is 0.301. The maximum atomic E-state index is 14.1. The molecule has 5 rings (SSSR count). The molecule has 2 heterocycles. The van der Waals surface area contributed by atoms with Crippen LogP contribution in [0.3, 0.4) is 0 Å². The number of ether oxygens (including phenoxy) is 3. The molecule has 1 atom stereocenters. The Kier molecular flexibility index (Phi) is 9.10. The minimum Gasteiger partial charge on any atom is -0.494 e. The van der Waals surface area contributed by atoms with Gasteiger partial charge in [0.2, 0.25) is 10.0 Å². The Morgan fingerprint density at radius 3 is 2.25 bits per heavy atom. The third-order valence-corrected chi connectivity index (χ3v) is 9.90. The second-order valence-electron chi connectivity index (χ2n) is 11.1. The van der Waals surface area contributed by atoms with Crippen molar-refractivity contribution in [2.45, 2.75) is 43.5 Å². The summed E-state index contributed by atoms with van der Waals surface area (Å²) in [5.41, 5.74) is -0.592. The number of hydrogen-bond donors (Lipinski definition) is 1. The van der Waals surface area contributed by atoms with Gasteiger partial charge < -0.3 is 24.4 Å². The number of anilines is 1. The van der Waals surface area contributed by atoms with Gasteiger partial charge >= 0.3 is 6.03 Å². The first kappa shape index (κ1) is 31.6. The Labute approximate surface area is 254 Å². The van der Waals surface area contributed by atoms with Crippen LogP contribution in [0.2, 0.25) is 0 Å². The van der Waals surface area contributed by atoms with Gasteiger partial charge in [0.15, 0.2) is 23.2 Å². The van der Waals surface area contributed by atoms with Gasteiger partial charge in [0.05, 0.1) is 30.4 Å². The lowest BCUT2D eigenvalue weighted by Crippen LogP contribution is -2.47. The van der Waals surface area contributed by atoms with Crippen molar-refractivity contribution in [2.75, 3.05) is 44.8 Å². The van der Waals surface area contributed by atoms with Crippen LogP contribution in [0.5, 0.6) is 17.2 Å². The van der Waals surface area contributed by atoms with Gasteiger partial charge in [-0.2, -0.15) is 4.31 Å². The Morgan fingerprint density at radius 1 is 0.977 bits per heavy atom. The molecule has 3 aromatic carbocycles. The predicted octanol–water partition coefficient (Wildman–Crippen LogP) is 6.12. The Balaban J connectivity index is 1.44. The number of rotatable bonds is 8. The Hall–Kier alpha value is -3.81. The monoisotopic (exact) mass is 633 g/mol. The first-order valence-corrected chi connectivity index (χ1v) is 15.7. The van der Waals surface area contributed by atoms with Crippen LogP contribution >= 0.6 is 0 Å². The molecule has 1 unspecified atom stereocenters. The van der Waals surface area contributed by atoms with E-state index in [0.717, 1.165) is 12.1 Å². The maximum Gasteiger partial charge on any atom is 0.322 e. The summed E-state index contributed by atoms with van der Waals surface area (Å²) in [7, 11) is -3.91. The van der Waals surface area contributed by atoms with Crippen LogP contribution in [0.25, 0.3) is 0 Å². The largest absolute Gasteiger partial charge is 0.494 e. The molecule has 0 radical (unpaired) electrons. The second-order valence-corrected chi connectivity index (χ2v) is 13.0. The van der Waals surface area contributed by atoms with E-state index in [0.29, 0.717) is 24.5 Å². The molecule has 0 saturated carbocycles. The SMILES string of the molecule is CCOc1ccc(Oc2ccc(S(=O)(=O)N3CCOCC3)cc2NC(=O)N2CCC(c3cc(F)c(F)c(F)c3)C2(C)C)cc1. The smallest absolute Gasteiger partial charge is 0.322 e. The number of halogens is 3. The fourth-order valence-electron chi connectivity index (χ4n) is 5.67. The highest BCUT2D eigenvalue weighted by Gasteiger charge is 2.45. The number of sulfonamides is 1. The zero-order valence-electron chi connectivity index (χ0n) is 24.6. The number of hydrogen-bond acceptors (Lipinski definition) is 6. The van der Waals surface area contributed by atoms with Crippen molar-refractivity contribution in [1.82, 2.24) is 9.21 Å². The highest BCUT2D eigenvalue weighted by atomic mass is 32.2. The summed E-state index contributed by atoms with van der Waals surface area (Å²) < 4.78 is 86.8. The summed E-state index contributed by atoms with van der Waals surface area (Å²) in [5, 5.41) is 2.80. The van der Waals surface area contributed by atoms with E-state index in [1.165, 1.54) is 27.4 Å². The van der Waals surface area contributed by atoms with E-state index in [1.807, 2.05) is 6.92 Å². The van der Waals surface area contributed by atoms with Crippen LogP contribution in [0, 0.1) is 17.5 Å². The van der Waals surface area contributed by atoms with E-state index in [2.05, 4.69) is 5.32 Å². The Morgan fingerprint density at radius 2 is 1.61 bits per heavy atom. The average molecular weight is 634 g/mol. The number of likely N-dealkylation sites (tertiary alicyclic amines) is 1. The molecule has 9 nitrogen and oxygen atoms in total. The molecule has 2 saturated heterocycles. The molecule has 0 spiro atoms. The molecule has 236 valence electrons. The van der Waals surface area contributed by atoms with Crippen molar-refractivity contribution >= 4 is 21.7 Å². The fourth-order valence-corrected chi connectivity index (χ4v) is 7.11. The highest BCUT2D eigenvalue weighted by molar-refractivity contribution is 7.89. The molecular formula is C31H34F3N3O6S. The van der Waals surface area contributed by atoms with Crippen LogP contribution in [0.1, 0.15) is 38.7 Å². The van der Waals surface area contributed by atoms with Crippen LogP contribution in [-0.2, 0) is 14.8 Å². The zero-order chi connectivity index (χ0) is 31.6. The van der Waals surface area contributed by atoms with Crippen molar-refractivity contribution in [1.29, 1.82) is 0 Å². The van der Waals surface area contributed by atoms with Crippen LogP contribution in [-0.4, -0.2) is 68.6 Å². The van der Waals surface area contributed by atoms with Gasteiger partial charge in [-0.3, -0.25) is 0 Å². The molecule has 0 bridgehead atoms. The van der Waals surface area contributed by atoms with Crippen molar-refractivity contribution in [3.8, 4) is 17.2 Å². The lowest BCUT2D eigenvalue weighted by Gasteiger charge is -2.36. The molecule has 13 heteroatoms. The Bertz CT molecular complexity index is 1610. The lowest BCUT2D eigenvalue weighted by atomic mass is 9.82. The summed E-state index contributed by atoms with van der Waals surface area (Å²) in [4.78, 5) is 15.2. The molecule has 2 amide bonds. The van der Waals surface area contributed by atoms with Gasteiger partial charge in [-0.25, -0.2) is 26.4 Å². The number of urea groups is 1. The second kappa shape index (κ2) is 12.7. The van der Waals surface area contributed by atoms with Crippen molar-refractivity contribution in [3.05, 3.63) is 77.6 Å². The van der Waals surface area contributed by atoms with Crippen molar-refractivity contribution in [2.24, 2.45) is 0 Å². The lowest BCUT2D eigenvalue weighted by molar-refractivity contribution is 0.0730. The topological polar surface area (TPSA) is 97.4 Å².